The standard InChI is InChI=1S/C11H12N2O/c12-11(13)9-5-1-4-8-7(9)3-2-6-10(8)14/h1,4-5H,2-3,6H2,(H3,12,13). The molecule has 3 heteroatoms. The number of amidine groups is 1. The molecule has 0 spiro atoms. The lowest BCUT2D eigenvalue weighted by Crippen LogP contribution is -2.19. The van der Waals surface area contributed by atoms with Crippen molar-refractivity contribution in [1.29, 1.82) is 5.41 Å². The molecule has 0 aliphatic heterocycles. The van der Waals surface area contributed by atoms with Crippen LogP contribution in [0.15, 0.2) is 18.2 Å². The van der Waals surface area contributed by atoms with E-state index < -0.39 is 0 Å². The topological polar surface area (TPSA) is 66.9 Å². The Kier molecular flexibility index (Phi) is 2.08. The predicted octanol–water partition coefficient (Wildman–Crippen LogP) is 1.49. The van der Waals surface area contributed by atoms with E-state index in [2.05, 4.69) is 0 Å². The van der Waals surface area contributed by atoms with Crippen molar-refractivity contribution in [1.82, 2.24) is 0 Å². The van der Waals surface area contributed by atoms with Crippen molar-refractivity contribution in [2.45, 2.75) is 19.3 Å². The molecular formula is C11H12N2O. The van der Waals surface area contributed by atoms with Crippen molar-refractivity contribution in [3.05, 3.63) is 34.9 Å². The zero-order chi connectivity index (χ0) is 10.1. The van der Waals surface area contributed by atoms with Gasteiger partial charge in [0.05, 0.1) is 0 Å². The number of ketones is 1. The van der Waals surface area contributed by atoms with Gasteiger partial charge >= 0.3 is 0 Å². The third-order valence-electron chi connectivity index (χ3n) is 2.60. The maximum absolute atomic E-state index is 11.5. The minimum atomic E-state index is 0.0524. The number of hydrogen-bond donors (Lipinski definition) is 2. The molecule has 0 unspecified atom stereocenters. The van der Waals surface area contributed by atoms with Gasteiger partial charge in [-0.1, -0.05) is 18.2 Å². The van der Waals surface area contributed by atoms with Crippen molar-refractivity contribution < 1.29 is 4.79 Å². The monoisotopic (exact) mass is 188 g/mol. The van der Waals surface area contributed by atoms with Crippen molar-refractivity contribution in [2.75, 3.05) is 0 Å². The molecule has 1 aromatic rings. The van der Waals surface area contributed by atoms with Gasteiger partial charge in [0.25, 0.3) is 0 Å². The number of nitrogens with two attached hydrogens (primary N) is 1. The number of nitrogens with one attached hydrogen (secondary N) is 1. The predicted molar refractivity (Wildman–Crippen MR) is 54.7 cm³/mol. The third-order valence-corrected chi connectivity index (χ3v) is 2.60. The third kappa shape index (κ3) is 1.31. The molecule has 0 fully saturated rings. The molecule has 1 aliphatic carbocycles. The maximum Gasteiger partial charge on any atom is 0.163 e. The second-order valence-electron chi connectivity index (χ2n) is 3.52. The zero-order valence-electron chi connectivity index (χ0n) is 7.84. The first-order chi connectivity index (χ1) is 6.70. The quantitative estimate of drug-likeness (QED) is 0.518. The van der Waals surface area contributed by atoms with Crippen molar-refractivity contribution in [3.63, 3.8) is 0 Å². The summed E-state index contributed by atoms with van der Waals surface area (Å²) in [5, 5.41) is 7.41. The lowest BCUT2D eigenvalue weighted by Gasteiger charge is -2.17. The number of benzene rings is 1. The molecule has 0 bridgehead atoms. The highest BCUT2D eigenvalue weighted by Crippen LogP contribution is 2.23. The Morgan fingerprint density at radius 2 is 2.14 bits per heavy atom. The Labute approximate surface area is 82.4 Å². The van der Waals surface area contributed by atoms with Gasteiger partial charge in [-0.25, -0.2) is 0 Å². The number of Topliss-reactive ketones (excluding diaryl/α,β-unsaturated/α-hetero) is 1. The summed E-state index contributed by atoms with van der Waals surface area (Å²) in [5.74, 6) is 0.228. The highest BCUT2D eigenvalue weighted by Gasteiger charge is 2.19. The van der Waals surface area contributed by atoms with E-state index in [1.165, 1.54) is 0 Å². The number of carbonyl (C=O) groups excluding carboxylic acids is 1. The second-order valence-corrected chi connectivity index (χ2v) is 3.52. The fourth-order valence-electron chi connectivity index (χ4n) is 1.93. The Morgan fingerprint density at radius 1 is 1.36 bits per heavy atom. The number of hydrogen-bond acceptors (Lipinski definition) is 2. The molecule has 1 aliphatic rings. The van der Waals surface area contributed by atoms with Crippen LogP contribution in [-0.2, 0) is 6.42 Å². The van der Waals surface area contributed by atoms with Crippen molar-refractivity contribution in [2.24, 2.45) is 5.73 Å². The van der Waals surface area contributed by atoms with Crippen LogP contribution in [0.1, 0.15) is 34.3 Å². The fourth-order valence-corrected chi connectivity index (χ4v) is 1.93. The van der Waals surface area contributed by atoms with Crippen LogP contribution in [-0.4, -0.2) is 11.6 Å². The van der Waals surface area contributed by atoms with Gasteiger partial charge in [0.15, 0.2) is 5.78 Å². The SMILES string of the molecule is N=C(N)c1cccc2c1CCCC2=O. The summed E-state index contributed by atoms with van der Waals surface area (Å²) in [6.07, 6.45) is 2.35. The molecule has 3 N–H and O–H groups in total. The van der Waals surface area contributed by atoms with Gasteiger partial charge in [0.2, 0.25) is 0 Å². The van der Waals surface area contributed by atoms with E-state index in [1.54, 1.807) is 12.1 Å². The van der Waals surface area contributed by atoms with Gasteiger partial charge in [0, 0.05) is 17.5 Å². The summed E-state index contributed by atoms with van der Waals surface area (Å²) in [6.45, 7) is 0. The first-order valence-electron chi connectivity index (χ1n) is 4.69. The van der Waals surface area contributed by atoms with Gasteiger partial charge in [0.1, 0.15) is 5.84 Å². The lowest BCUT2D eigenvalue weighted by atomic mass is 9.87. The van der Waals surface area contributed by atoms with Crippen LogP contribution in [0.5, 0.6) is 0 Å². The van der Waals surface area contributed by atoms with E-state index in [0.29, 0.717) is 6.42 Å². The van der Waals surface area contributed by atoms with Crippen LogP contribution in [0, 0.1) is 5.41 Å². The van der Waals surface area contributed by atoms with Crippen LogP contribution in [0.3, 0.4) is 0 Å². The summed E-state index contributed by atoms with van der Waals surface area (Å²) in [7, 11) is 0. The Bertz CT molecular complexity index is 395. The molecule has 0 atom stereocenters. The smallest absolute Gasteiger partial charge is 0.163 e. The first kappa shape index (κ1) is 8.94. The molecule has 14 heavy (non-hydrogen) atoms. The van der Waals surface area contributed by atoms with E-state index in [-0.39, 0.29) is 11.6 Å². The van der Waals surface area contributed by atoms with E-state index >= 15 is 0 Å². The van der Waals surface area contributed by atoms with Crippen LogP contribution >= 0.6 is 0 Å². The van der Waals surface area contributed by atoms with Crippen LogP contribution < -0.4 is 5.73 Å². The first-order valence-corrected chi connectivity index (χ1v) is 4.69. The summed E-state index contributed by atoms with van der Waals surface area (Å²) in [5.41, 5.74) is 7.88. The van der Waals surface area contributed by atoms with E-state index in [9.17, 15) is 4.79 Å². The molecule has 1 aromatic carbocycles. The average molecular weight is 188 g/mol. The second kappa shape index (κ2) is 3.25. The van der Waals surface area contributed by atoms with Gasteiger partial charge < -0.3 is 5.73 Å². The molecular weight excluding hydrogens is 176 g/mol. The number of nitrogen functional groups attached to an aromatic ring is 1. The van der Waals surface area contributed by atoms with E-state index in [0.717, 1.165) is 29.5 Å². The molecule has 72 valence electrons. The highest BCUT2D eigenvalue weighted by molar-refractivity contribution is 6.04. The molecule has 0 radical (unpaired) electrons. The molecule has 0 heterocycles. The number of rotatable bonds is 1. The Morgan fingerprint density at radius 3 is 2.86 bits per heavy atom. The Balaban J connectivity index is 2.60. The largest absolute Gasteiger partial charge is 0.384 e. The van der Waals surface area contributed by atoms with E-state index in [1.807, 2.05) is 6.07 Å². The summed E-state index contributed by atoms with van der Waals surface area (Å²) in [4.78, 5) is 11.5. The number of carbonyl (C=O) groups is 1. The molecule has 3 nitrogen and oxygen atoms in total. The van der Waals surface area contributed by atoms with Crippen LogP contribution in [0.4, 0.5) is 0 Å². The zero-order valence-corrected chi connectivity index (χ0v) is 7.84. The Hall–Kier alpha value is -1.64. The molecule has 2 rings (SSSR count). The van der Waals surface area contributed by atoms with Crippen LogP contribution in [0.2, 0.25) is 0 Å². The minimum absolute atomic E-state index is 0.0524. The van der Waals surface area contributed by atoms with Gasteiger partial charge in [-0.2, -0.15) is 0 Å². The molecule has 0 saturated carbocycles. The van der Waals surface area contributed by atoms with Crippen molar-refractivity contribution >= 4 is 11.6 Å². The minimum Gasteiger partial charge on any atom is -0.384 e. The lowest BCUT2D eigenvalue weighted by molar-refractivity contribution is 0.0972. The van der Waals surface area contributed by atoms with Gasteiger partial charge in [-0.15, -0.1) is 0 Å². The summed E-state index contributed by atoms with van der Waals surface area (Å²) < 4.78 is 0. The fraction of sp³-hybridized carbons (Fsp3) is 0.273. The molecule has 0 aromatic heterocycles. The summed E-state index contributed by atoms with van der Waals surface area (Å²) >= 11 is 0. The van der Waals surface area contributed by atoms with Gasteiger partial charge in [-0.05, 0) is 18.4 Å². The van der Waals surface area contributed by atoms with Crippen LogP contribution in [0.25, 0.3) is 0 Å². The normalized spacial score (nSPS) is 15.0. The highest BCUT2D eigenvalue weighted by atomic mass is 16.1. The molecule has 0 saturated heterocycles. The number of fused-ring (bicyclic) bond motifs is 1. The maximum atomic E-state index is 11.5. The average Bonchev–Trinajstić information content (AvgIpc) is 2.17. The summed E-state index contributed by atoms with van der Waals surface area (Å²) in [6, 6.07) is 5.42. The molecule has 0 amide bonds. The van der Waals surface area contributed by atoms with E-state index in [4.69, 9.17) is 11.1 Å². The van der Waals surface area contributed by atoms with Gasteiger partial charge in [-0.3, -0.25) is 10.2 Å². The van der Waals surface area contributed by atoms with Crippen molar-refractivity contribution in [3.8, 4) is 0 Å².